The van der Waals surface area contributed by atoms with Crippen molar-refractivity contribution in [1.82, 2.24) is 0 Å². The molecule has 0 saturated carbocycles. The summed E-state index contributed by atoms with van der Waals surface area (Å²) in [6.45, 7) is 3.88. The molecule has 0 saturated heterocycles. The van der Waals surface area contributed by atoms with Crippen molar-refractivity contribution in [1.29, 1.82) is 0 Å². The number of thiophene rings is 1. The normalized spacial score (nSPS) is 15.0. The van der Waals surface area contributed by atoms with Crippen LogP contribution in [0.3, 0.4) is 0 Å². The Kier molecular flexibility index (Phi) is 3.67. The van der Waals surface area contributed by atoms with Crippen LogP contribution in [0.5, 0.6) is 0 Å². The Bertz CT molecular complexity index is 579. The van der Waals surface area contributed by atoms with Crippen molar-refractivity contribution in [2.75, 3.05) is 13.3 Å². The van der Waals surface area contributed by atoms with Crippen LogP contribution < -0.4 is 0 Å². The highest BCUT2D eigenvalue weighted by atomic mass is 32.1. The molecule has 2 nitrogen and oxygen atoms in total. The zero-order chi connectivity index (χ0) is 12.5. The van der Waals surface area contributed by atoms with E-state index in [1.165, 1.54) is 23.5 Å². The van der Waals surface area contributed by atoms with Gasteiger partial charge >= 0.3 is 0 Å². The molecule has 0 aliphatic heterocycles. The largest absolute Gasteiger partial charge is 0.329 e. The van der Waals surface area contributed by atoms with Crippen LogP contribution in [0.2, 0.25) is 0 Å². The van der Waals surface area contributed by atoms with Crippen LogP contribution in [0, 0.1) is 5.82 Å². The van der Waals surface area contributed by atoms with Gasteiger partial charge in [0.2, 0.25) is 7.37 Å². The Morgan fingerprint density at radius 1 is 1.47 bits per heavy atom. The van der Waals surface area contributed by atoms with E-state index < -0.39 is 7.37 Å². The second-order valence-corrected chi connectivity index (χ2v) is 7.51. The van der Waals surface area contributed by atoms with Gasteiger partial charge < -0.3 is 4.52 Å². The maximum absolute atomic E-state index is 13.2. The predicted molar refractivity (Wildman–Crippen MR) is 70.6 cm³/mol. The van der Waals surface area contributed by atoms with Crippen molar-refractivity contribution in [3.63, 3.8) is 0 Å². The van der Waals surface area contributed by atoms with Crippen LogP contribution in [-0.4, -0.2) is 13.3 Å². The molecular weight excluding hydrogens is 258 g/mol. The Balaban J connectivity index is 2.36. The average molecular weight is 272 g/mol. The summed E-state index contributed by atoms with van der Waals surface area (Å²) >= 11 is 1.54. The highest BCUT2D eigenvalue weighted by molar-refractivity contribution is 7.57. The van der Waals surface area contributed by atoms with Crippen LogP contribution in [0.15, 0.2) is 23.6 Å². The highest BCUT2D eigenvalue weighted by Gasteiger charge is 2.18. The van der Waals surface area contributed by atoms with Gasteiger partial charge in [0.1, 0.15) is 5.82 Å². The van der Waals surface area contributed by atoms with Crippen molar-refractivity contribution in [3.8, 4) is 0 Å². The number of fused-ring (bicyclic) bond motifs is 1. The van der Waals surface area contributed by atoms with E-state index in [4.69, 9.17) is 4.52 Å². The van der Waals surface area contributed by atoms with E-state index in [2.05, 4.69) is 0 Å². The molecule has 0 aliphatic rings. The molecule has 1 aromatic carbocycles. The Labute approximate surface area is 104 Å². The topological polar surface area (TPSA) is 26.3 Å². The maximum Gasteiger partial charge on any atom is 0.204 e. The molecule has 92 valence electrons. The van der Waals surface area contributed by atoms with E-state index in [0.717, 1.165) is 15.6 Å². The molecule has 0 spiro atoms. The molecule has 0 aliphatic carbocycles. The first-order chi connectivity index (χ1) is 8.02. The number of rotatable bonds is 4. The lowest BCUT2D eigenvalue weighted by Gasteiger charge is -2.11. The number of hydrogen-bond acceptors (Lipinski definition) is 3. The van der Waals surface area contributed by atoms with E-state index in [0.29, 0.717) is 12.8 Å². The third-order valence-electron chi connectivity index (χ3n) is 2.48. The minimum atomic E-state index is -2.62. The van der Waals surface area contributed by atoms with Gasteiger partial charge in [0.25, 0.3) is 0 Å². The molecule has 2 aromatic rings. The van der Waals surface area contributed by atoms with E-state index in [9.17, 15) is 8.96 Å². The summed E-state index contributed by atoms with van der Waals surface area (Å²) < 4.78 is 31.5. The van der Waals surface area contributed by atoms with Crippen molar-refractivity contribution in [2.24, 2.45) is 0 Å². The fourth-order valence-corrected chi connectivity index (χ4v) is 4.39. The molecule has 0 radical (unpaired) electrons. The average Bonchev–Trinajstić information content (AvgIpc) is 2.60. The summed E-state index contributed by atoms with van der Waals surface area (Å²) in [6, 6.07) is 4.68. The van der Waals surface area contributed by atoms with Crippen molar-refractivity contribution in [2.45, 2.75) is 13.1 Å². The van der Waals surface area contributed by atoms with Gasteiger partial charge in [-0.2, -0.15) is 0 Å². The van der Waals surface area contributed by atoms with Gasteiger partial charge in [-0.25, -0.2) is 4.39 Å². The maximum atomic E-state index is 13.2. The summed E-state index contributed by atoms with van der Waals surface area (Å²) in [5.74, 6) is -0.264. The van der Waals surface area contributed by atoms with Gasteiger partial charge in [-0.3, -0.25) is 4.57 Å². The quantitative estimate of drug-likeness (QED) is 0.767. The summed E-state index contributed by atoms with van der Waals surface area (Å²) in [6.07, 6.45) is 0.365. The third kappa shape index (κ3) is 2.95. The molecule has 0 bridgehead atoms. The van der Waals surface area contributed by atoms with E-state index in [1.807, 2.05) is 12.3 Å². The number of benzene rings is 1. The van der Waals surface area contributed by atoms with Crippen LogP contribution in [0.4, 0.5) is 4.39 Å². The van der Waals surface area contributed by atoms with Crippen molar-refractivity contribution < 1.29 is 13.5 Å². The smallest absolute Gasteiger partial charge is 0.204 e. The molecule has 2 rings (SSSR count). The molecular formula is C12H14FO2PS. The molecule has 0 N–H and O–H groups in total. The summed E-state index contributed by atoms with van der Waals surface area (Å²) in [5, 5.41) is 2.77. The summed E-state index contributed by atoms with van der Waals surface area (Å²) in [5.41, 5.74) is 0.906. The Morgan fingerprint density at radius 3 is 2.94 bits per heavy atom. The molecule has 0 amide bonds. The molecule has 1 aromatic heterocycles. The fourth-order valence-electron chi connectivity index (χ4n) is 1.80. The van der Waals surface area contributed by atoms with Crippen LogP contribution in [-0.2, 0) is 15.3 Å². The van der Waals surface area contributed by atoms with E-state index in [-0.39, 0.29) is 5.82 Å². The van der Waals surface area contributed by atoms with Gasteiger partial charge in [-0.15, -0.1) is 11.3 Å². The first-order valence-electron chi connectivity index (χ1n) is 5.38. The predicted octanol–water partition coefficient (Wildman–Crippen LogP) is 4.48. The molecule has 0 fully saturated rings. The zero-order valence-corrected chi connectivity index (χ0v) is 11.5. The van der Waals surface area contributed by atoms with Crippen LogP contribution in [0.1, 0.15) is 12.5 Å². The lowest BCUT2D eigenvalue weighted by molar-refractivity contribution is 0.336. The standard InChI is InChI=1S/C12H14FO2PS/c1-3-15-16(2,14)7-9-8-17-12-5-4-10(13)6-11(9)12/h4-6,8H,3,7H2,1-2H3. The third-order valence-corrected chi connectivity index (χ3v) is 5.21. The van der Waals surface area contributed by atoms with Crippen molar-refractivity contribution in [3.05, 3.63) is 35.0 Å². The molecule has 17 heavy (non-hydrogen) atoms. The van der Waals surface area contributed by atoms with Crippen LogP contribution >= 0.6 is 18.7 Å². The molecule has 1 atom stereocenters. The van der Waals surface area contributed by atoms with Crippen molar-refractivity contribution >= 4 is 28.8 Å². The lowest BCUT2D eigenvalue weighted by Crippen LogP contribution is -1.92. The Hall–Kier alpha value is -0.700. The first kappa shape index (κ1) is 12.7. The van der Waals surface area contributed by atoms with Gasteiger partial charge in [0.05, 0.1) is 12.8 Å². The highest BCUT2D eigenvalue weighted by Crippen LogP contribution is 2.48. The van der Waals surface area contributed by atoms with Gasteiger partial charge in [0.15, 0.2) is 0 Å². The zero-order valence-electron chi connectivity index (χ0n) is 9.77. The number of hydrogen-bond donors (Lipinski definition) is 0. The van der Waals surface area contributed by atoms with E-state index in [1.54, 1.807) is 12.7 Å². The van der Waals surface area contributed by atoms with Crippen LogP contribution in [0.25, 0.3) is 10.1 Å². The Morgan fingerprint density at radius 2 is 2.24 bits per heavy atom. The second-order valence-electron chi connectivity index (χ2n) is 3.99. The molecule has 1 unspecified atom stereocenters. The van der Waals surface area contributed by atoms with Gasteiger partial charge in [-0.05, 0) is 41.5 Å². The summed E-state index contributed by atoms with van der Waals surface area (Å²) in [4.78, 5) is 0. The molecule has 5 heteroatoms. The SMILES string of the molecule is CCOP(C)(=O)Cc1csc2ccc(F)cc12. The van der Waals surface area contributed by atoms with Gasteiger partial charge in [-0.1, -0.05) is 0 Å². The van der Waals surface area contributed by atoms with E-state index >= 15 is 0 Å². The number of halogens is 1. The minimum Gasteiger partial charge on any atom is -0.329 e. The lowest BCUT2D eigenvalue weighted by atomic mass is 10.2. The van der Waals surface area contributed by atoms with Gasteiger partial charge in [0, 0.05) is 11.4 Å². The monoisotopic (exact) mass is 272 g/mol. The molecule has 1 heterocycles. The minimum absolute atomic E-state index is 0.264. The second kappa shape index (κ2) is 4.89. The first-order valence-corrected chi connectivity index (χ1v) is 8.52. The summed E-state index contributed by atoms with van der Waals surface area (Å²) in [7, 11) is -2.62. The fraction of sp³-hybridized carbons (Fsp3) is 0.333.